The van der Waals surface area contributed by atoms with Gasteiger partial charge >= 0.3 is 5.97 Å². The summed E-state index contributed by atoms with van der Waals surface area (Å²) in [4.78, 5) is 31.9. The number of nitrogens with zero attached hydrogens (tertiary/aromatic N) is 1. The molecule has 0 aromatic rings. The van der Waals surface area contributed by atoms with Gasteiger partial charge in [0, 0.05) is 23.3 Å². The number of hydrogen-bond acceptors (Lipinski definition) is 5. The molecule has 4 bridgehead atoms. The third-order valence-electron chi connectivity index (χ3n) is 9.67. The van der Waals surface area contributed by atoms with Crippen molar-refractivity contribution in [1.29, 1.82) is 0 Å². The smallest absolute Gasteiger partial charge is 0.315 e. The Balaban J connectivity index is 1.57. The van der Waals surface area contributed by atoms with Gasteiger partial charge in [-0.25, -0.2) is 0 Å². The number of carboxylic acids is 1. The molecule has 1 aliphatic heterocycles. The maximum Gasteiger partial charge on any atom is 0.315 e. The molecule has 170 valence electrons. The molecule has 4 unspecified atom stereocenters. The van der Waals surface area contributed by atoms with E-state index in [4.69, 9.17) is 4.84 Å². The van der Waals surface area contributed by atoms with Crippen molar-refractivity contribution >= 4 is 29.7 Å². The molecule has 3 saturated carbocycles. The van der Waals surface area contributed by atoms with Crippen LogP contribution in [0.1, 0.15) is 59.8 Å². The molecule has 5 nitrogen and oxygen atoms in total. The van der Waals surface area contributed by atoms with E-state index in [1.54, 1.807) is 0 Å². The highest BCUT2D eigenvalue weighted by Crippen LogP contribution is 2.83. The normalized spacial score (nSPS) is 47.2. The van der Waals surface area contributed by atoms with E-state index in [0.29, 0.717) is 11.8 Å². The first-order valence-electron chi connectivity index (χ1n) is 11.9. The van der Waals surface area contributed by atoms with E-state index in [1.807, 2.05) is 18.7 Å². The van der Waals surface area contributed by atoms with Crippen LogP contribution in [0.25, 0.3) is 0 Å². The summed E-state index contributed by atoms with van der Waals surface area (Å²) in [6, 6.07) is 0. The lowest BCUT2D eigenvalue weighted by Gasteiger charge is -2.58. The largest absolute Gasteiger partial charge is 0.481 e. The standard InChI is InChI=1S/C25H35NO4S/c1-14(2)21-8-17-9-23(12-27)20-6-5-15(3)19(20)10-24(17,25(21,23)22(28)29)13-31-11-18-7-16(4)26-30-18/h8,12,14-15,17-20H,5-7,9-11,13H2,1-4H3,(H,28,29)/t15-,17?,18?,19-,20-,23?,24?,25+/m1/s1. The van der Waals surface area contributed by atoms with Crippen LogP contribution >= 0.6 is 11.8 Å². The molecule has 0 spiro atoms. The third kappa shape index (κ3) is 2.49. The molecule has 1 N–H and O–H groups in total. The zero-order valence-electron chi connectivity index (χ0n) is 19.1. The van der Waals surface area contributed by atoms with Crippen LogP contribution in [0.4, 0.5) is 0 Å². The van der Waals surface area contributed by atoms with Gasteiger partial charge in [0.15, 0.2) is 0 Å². The number of carbonyl (C=O) groups is 2. The van der Waals surface area contributed by atoms with Crippen molar-refractivity contribution in [2.24, 2.45) is 51.0 Å². The Morgan fingerprint density at radius 1 is 1.39 bits per heavy atom. The van der Waals surface area contributed by atoms with Gasteiger partial charge in [-0.05, 0) is 55.8 Å². The molecule has 0 saturated heterocycles. The molecule has 5 rings (SSSR count). The minimum atomic E-state index is -1.05. The zero-order chi connectivity index (χ0) is 22.2. The Morgan fingerprint density at radius 3 is 2.77 bits per heavy atom. The number of hydrogen-bond donors (Lipinski definition) is 1. The second kappa shape index (κ2) is 7.10. The van der Waals surface area contributed by atoms with Gasteiger partial charge in [0.1, 0.15) is 17.8 Å². The molecule has 3 fully saturated rings. The molecule has 0 aromatic heterocycles. The average molecular weight is 446 g/mol. The van der Waals surface area contributed by atoms with Crippen molar-refractivity contribution in [2.75, 3.05) is 11.5 Å². The Hall–Kier alpha value is -1.30. The lowest BCUT2D eigenvalue weighted by atomic mass is 9.43. The van der Waals surface area contributed by atoms with Crippen LogP contribution in [0.5, 0.6) is 0 Å². The van der Waals surface area contributed by atoms with Crippen molar-refractivity contribution in [1.82, 2.24) is 0 Å². The van der Waals surface area contributed by atoms with Gasteiger partial charge in [-0.15, -0.1) is 0 Å². The van der Waals surface area contributed by atoms with Crippen molar-refractivity contribution in [3.05, 3.63) is 11.6 Å². The van der Waals surface area contributed by atoms with Gasteiger partial charge in [-0.2, -0.15) is 11.8 Å². The SMILES string of the molecule is CC1=NOC(CSCC23C[C@@H]4[C@H](C)CC[C@H]4C4(C=O)CC2C=C(C(C)C)[C@@]34C(=O)O)C1. The lowest BCUT2D eigenvalue weighted by molar-refractivity contribution is -0.177. The summed E-state index contributed by atoms with van der Waals surface area (Å²) < 4.78 is 0. The highest BCUT2D eigenvalue weighted by atomic mass is 32.2. The van der Waals surface area contributed by atoms with Gasteiger partial charge in [0.25, 0.3) is 0 Å². The maximum atomic E-state index is 13.4. The van der Waals surface area contributed by atoms with E-state index in [0.717, 1.165) is 61.2 Å². The fraction of sp³-hybridized carbons (Fsp3) is 0.800. The number of carboxylic acid groups (broad SMARTS) is 1. The molecular weight excluding hydrogens is 410 g/mol. The molecule has 0 amide bonds. The number of rotatable bonds is 7. The van der Waals surface area contributed by atoms with Gasteiger partial charge in [-0.1, -0.05) is 44.0 Å². The first-order valence-corrected chi connectivity index (χ1v) is 13.1. The van der Waals surface area contributed by atoms with E-state index in [2.05, 4.69) is 32.0 Å². The maximum absolute atomic E-state index is 13.4. The monoisotopic (exact) mass is 445 g/mol. The fourth-order valence-electron chi connectivity index (χ4n) is 8.66. The summed E-state index contributed by atoms with van der Waals surface area (Å²) in [5, 5.41) is 15.0. The predicted octanol–water partition coefficient (Wildman–Crippen LogP) is 4.81. The summed E-state index contributed by atoms with van der Waals surface area (Å²) >= 11 is 1.82. The number of carbonyl (C=O) groups excluding carboxylic acids is 1. The van der Waals surface area contributed by atoms with Crippen LogP contribution in [0.2, 0.25) is 0 Å². The van der Waals surface area contributed by atoms with Gasteiger partial charge in [0.2, 0.25) is 0 Å². The average Bonchev–Trinajstić information content (AvgIpc) is 3.42. The summed E-state index contributed by atoms with van der Waals surface area (Å²) in [7, 11) is 0. The van der Waals surface area contributed by atoms with Crippen molar-refractivity contribution in [3.63, 3.8) is 0 Å². The van der Waals surface area contributed by atoms with Crippen LogP contribution in [0.15, 0.2) is 16.8 Å². The first kappa shape index (κ1) is 21.5. The Kier molecular flexibility index (Phi) is 4.93. The predicted molar refractivity (Wildman–Crippen MR) is 122 cm³/mol. The zero-order valence-corrected chi connectivity index (χ0v) is 19.9. The summed E-state index contributed by atoms with van der Waals surface area (Å²) in [5.74, 6) is 2.38. The van der Waals surface area contributed by atoms with E-state index in [-0.39, 0.29) is 29.3 Å². The molecule has 5 aliphatic rings. The van der Waals surface area contributed by atoms with Gasteiger partial charge in [0.05, 0.1) is 11.1 Å². The van der Waals surface area contributed by atoms with E-state index in [9.17, 15) is 14.7 Å². The second-order valence-corrected chi connectivity index (χ2v) is 12.3. The number of aldehydes is 1. The minimum absolute atomic E-state index is 0.0799. The van der Waals surface area contributed by atoms with Crippen molar-refractivity contribution in [2.45, 2.75) is 65.9 Å². The quantitative estimate of drug-likeness (QED) is 0.450. The lowest BCUT2D eigenvalue weighted by Crippen LogP contribution is -2.63. The Labute approximate surface area is 189 Å². The van der Waals surface area contributed by atoms with Crippen LogP contribution in [0, 0.1) is 45.8 Å². The minimum Gasteiger partial charge on any atom is -0.481 e. The summed E-state index contributed by atoms with van der Waals surface area (Å²) in [5.41, 5.74) is -0.135. The van der Waals surface area contributed by atoms with Crippen molar-refractivity contribution in [3.8, 4) is 0 Å². The molecule has 31 heavy (non-hydrogen) atoms. The van der Waals surface area contributed by atoms with Crippen LogP contribution in [-0.4, -0.2) is 40.7 Å². The van der Waals surface area contributed by atoms with Crippen molar-refractivity contribution < 1.29 is 19.5 Å². The second-order valence-electron chi connectivity index (χ2n) is 11.3. The fourth-order valence-corrected chi connectivity index (χ4v) is 10.1. The van der Waals surface area contributed by atoms with E-state index >= 15 is 0 Å². The summed E-state index contributed by atoms with van der Waals surface area (Å²) in [6.07, 6.45) is 8.09. The number of fused-ring (bicyclic) bond motifs is 2. The first-order chi connectivity index (χ1) is 14.7. The molecule has 4 aliphatic carbocycles. The summed E-state index contributed by atoms with van der Waals surface area (Å²) in [6.45, 7) is 8.51. The highest BCUT2D eigenvalue weighted by Gasteiger charge is 2.84. The van der Waals surface area contributed by atoms with Gasteiger partial charge in [-0.3, -0.25) is 4.79 Å². The van der Waals surface area contributed by atoms with E-state index < -0.39 is 16.8 Å². The number of oxime groups is 1. The number of thioether (sulfide) groups is 1. The molecule has 6 heteroatoms. The van der Waals surface area contributed by atoms with Crippen LogP contribution in [0.3, 0.4) is 0 Å². The number of allylic oxidation sites excluding steroid dienone is 1. The van der Waals surface area contributed by atoms with E-state index in [1.165, 1.54) is 0 Å². The highest BCUT2D eigenvalue weighted by molar-refractivity contribution is 7.99. The molecule has 8 atom stereocenters. The third-order valence-corrected chi connectivity index (χ3v) is 11.0. The molecule has 1 heterocycles. The number of aliphatic carboxylic acids is 1. The Bertz CT molecular complexity index is 868. The molecule has 0 aromatic carbocycles. The topological polar surface area (TPSA) is 76.0 Å². The molecule has 0 radical (unpaired) electrons. The van der Waals surface area contributed by atoms with Gasteiger partial charge < -0.3 is 14.7 Å². The van der Waals surface area contributed by atoms with Crippen LogP contribution < -0.4 is 0 Å². The molecular formula is C25H35NO4S. The Morgan fingerprint density at radius 2 is 2.16 bits per heavy atom. The van der Waals surface area contributed by atoms with Crippen LogP contribution in [-0.2, 0) is 14.4 Å².